The minimum absolute atomic E-state index is 0.224. The lowest BCUT2D eigenvalue weighted by Gasteiger charge is -2.36. The third kappa shape index (κ3) is 2.40. The quantitative estimate of drug-likeness (QED) is 0.540. The van der Waals surface area contributed by atoms with Crippen LogP contribution in [0.4, 0.5) is 4.39 Å². The fourth-order valence-electron chi connectivity index (χ4n) is 4.31. The highest BCUT2D eigenvalue weighted by Crippen LogP contribution is 2.43. The fourth-order valence-corrected chi connectivity index (χ4v) is 4.31. The lowest BCUT2D eigenvalue weighted by molar-refractivity contribution is 0.0722. The highest BCUT2D eigenvalue weighted by Gasteiger charge is 2.42. The van der Waals surface area contributed by atoms with Gasteiger partial charge in [0.25, 0.3) is 0 Å². The van der Waals surface area contributed by atoms with Gasteiger partial charge in [0.15, 0.2) is 5.78 Å². The van der Waals surface area contributed by atoms with Crippen molar-refractivity contribution in [1.29, 1.82) is 0 Å². The Balaban J connectivity index is 1.76. The molecule has 1 aliphatic carbocycles. The second kappa shape index (κ2) is 6.11. The summed E-state index contributed by atoms with van der Waals surface area (Å²) >= 11 is 0. The fraction of sp³-hybridized carbons (Fsp3) is 0.0800. The summed E-state index contributed by atoms with van der Waals surface area (Å²) in [6.45, 7) is 0. The van der Waals surface area contributed by atoms with Gasteiger partial charge in [0.05, 0.1) is 0 Å². The molecule has 0 amide bonds. The molecule has 1 atom stereocenters. The predicted octanol–water partition coefficient (Wildman–Crippen LogP) is 5.00. The smallest absolute Gasteiger partial charge is 0.193 e. The van der Waals surface area contributed by atoms with Crippen LogP contribution in [0.25, 0.3) is 10.8 Å². The molecule has 0 saturated carbocycles. The number of carbonyl (C=O) groups is 1. The average Bonchev–Trinajstić information content (AvgIpc) is 2.72. The number of benzene rings is 4. The first-order valence-electron chi connectivity index (χ1n) is 9.21. The number of rotatable bonds is 2. The Morgan fingerprint density at radius 3 is 2.39 bits per heavy atom. The van der Waals surface area contributed by atoms with Gasteiger partial charge >= 0.3 is 0 Å². The van der Waals surface area contributed by atoms with Crippen LogP contribution in [0.3, 0.4) is 0 Å². The molecule has 0 aliphatic heterocycles. The van der Waals surface area contributed by atoms with E-state index in [4.69, 9.17) is 0 Å². The normalized spacial score (nSPS) is 18.0. The van der Waals surface area contributed by atoms with Gasteiger partial charge in [-0.2, -0.15) is 0 Å². The van der Waals surface area contributed by atoms with E-state index in [0.717, 1.165) is 16.3 Å². The van der Waals surface area contributed by atoms with Crippen LogP contribution in [0.5, 0.6) is 0 Å². The largest absolute Gasteiger partial charge is 0.380 e. The highest BCUT2D eigenvalue weighted by molar-refractivity contribution is 6.13. The van der Waals surface area contributed by atoms with E-state index >= 15 is 0 Å². The first kappa shape index (κ1) is 16.8. The first-order chi connectivity index (χ1) is 13.6. The third-order valence-electron chi connectivity index (χ3n) is 5.62. The van der Waals surface area contributed by atoms with Crippen molar-refractivity contribution >= 4 is 16.6 Å². The zero-order valence-corrected chi connectivity index (χ0v) is 15.0. The number of halogens is 1. The number of fused-ring (bicyclic) bond motifs is 3. The molecular formula is C25H17FO2. The molecule has 1 N–H and O–H groups in total. The minimum Gasteiger partial charge on any atom is -0.380 e. The molecule has 2 nitrogen and oxygen atoms in total. The molecule has 5 rings (SSSR count). The van der Waals surface area contributed by atoms with Crippen LogP contribution in [0.2, 0.25) is 0 Å². The molecule has 1 aliphatic rings. The van der Waals surface area contributed by atoms with Gasteiger partial charge in [-0.05, 0) is 39.6 Å². The van der Waals surface area contributed by atoms with Gasteiger partial charge in [-0.25, -0.2) is 4.39 Å². The van der Waals surface area contributed by atoms with Gasteiger partial charge in [0, 0.05) is 17.5 Å². The molecule has 4 aromatic rings. The number of carbonyl (C=O) groups excluding carboxylic acids is 1. The third-order valence-corrected chi connectivity index (χ3v) is 5.62. The van der Waals surface area contributed by atoms with Crippen molar-refractivity contribution < 1.29 is 14.3 Å². The van der Waals surface area contributed by atoms with E-state index in [0.29, 0.717) is 16.7 Å². The summed E-state index contributed by atoms with van der Waals surface area (Å²) in [6, 6.07) is 25.1. The van der Waals surface area contributed by atoms with E-state index < -0.39 is 11.4 Å². The molecule has 0 aromatic heterocycles. The summed E-state index contributed by atoms with van der Waals surface area (Å²) in [7, 11) is 0. The van der Waals surface area contributed by atoms with E-state index in [1.165, 1.54) is 18.2 Å². The Morgan fingerprint density at radius 2 is 1.50 bits per heavy atom. The molecule has 0 radical (unpaired) electrons. The van der Waals surface area contributed by atoms with E-state index in [1.807, 2.05) is 48.5 Å². The second-order valence-corrected chi connectivity index (χ2v) is 7.24. The lowest BCUT2D eigenvalue weighted by atomic mass is 9.71. The summed E-state index contributed by atoms with van der Waals surface area (Å²) in [5.74, 6) is -0.744. The van der Waals surface area contributed by atoms with Crippen LogP contribution in [0, 0.1) is 5.82 Å². The second-order valence-electron chi connectivity index (χ2n) is 7.24. The summed E-state index contributed by atoms with van der Waals surface area (Å²) in [4.78, 5) is 12.9. The Labute approximate surface area is 161 Å². The van der Waals surface area contributed by atoms with Crippen molar-refractivity contribution in [3.05, 3.63) is 119 Å². The predicted molar refractivity (Wildman–Crippen MR) is 107 cm³/mol. The van der Waals surface area contributed by atoms with Crippen molar-refractivity contribution in [2.75, 3.05) is 0 Å². The maximum Gasteiger partial charge on any atom is 0.193 e. The van der Waals surface area contributed by atoms with E-state index in [9.17, 15) is 14.3 Å². The molecule has 4 aromatic carbocycles. The van der Waals surface area contributed by atoms with Crippen molar-refractivity contribution in [2.24, 2.45) is 0 Å². The molecule has 28 heavy (non-hydrogen) atoms. The van der Waals surface area contributed by atoms with Crippen LogP contribution in [-0.2, 0) is 12.0 Å². The van der Waals surface area contributed by atoms with Crippen molar-refractivity contribution in [3.63, 3.8) is 0 Å². The standard InChI is InChI=1S/C25H17FO2/c26-18-12-13-23-21(14-18)24(27)20-10-3-4-11-22(20)25(23,28)15-17-8-5-7-16-6-1-2-9-19(16)17/h1-14,28H,15H2. The van der Waals surface area contributed by atoms with Crippen molar-refractivity contribution in [3.8, 4) is 0 Å². The van der Waals surface area contributed by atoms with Crippen LogP contribution in [0.15, 0.2) is 84.9 Å². The summed E-state index contributed by atoms with van der Waals surface area (Å²) in [5.41, 5.74) is 1.21. The highest BCUT2D eigenvalue weighted by atomic mass is 19.1. The number of hydrogen-bond donors (Lipinski definition) is 1. The van der Waals surface area contributed by atoms with E-state index in [2.05, 4.69) is 0 Å². The first-order valence-corrected chi connectivity index (χ1v) is 9.21. The number of aliphatic hydroxyl groups is 1. The topological polar surface area (TPSA) is 37.3 Å². The molecule has 3 heteroatoms. The summed E-state index contributed by atoms with van der Waals surface area (Å²) in [5, 5.41) is 14.1. The Kier molecular flexibility index (Phi) is 3.68. The summed E-state index contributed by atoms with van der Waals surface area (Å²) in [6.07, 6.45) is 0.289. The Morgan fingerprint density at radius 1 is 0.786 bits per heavy atom. The van der Waals surface area contributed by atoms with Crippen LogP contribution < -0.4 is 0 Å². The van der Waals surface area contributed by atoms with Crippen molar-refractivity contribution in [1.82, 2.24) is 0 Å². The van der Waals surface area contributed by atoms with Crippen LogP contribution >= 0.6 is 0 Å². The molecular weight excluding hydrogens is 351 g/mol. The monoisotopic (exact) mass is 368 g/mol. The minimum atomic E-state index is -1.42. The SMILES string of the molecule is O=C1c2ccccc2C(O)(Cc2cccc3ccccc23)c2ccc(F)cc21. The zero-order chi connectivity index (χ0) is 19.3. The molecule has 1 unspecified atom stereocenters. The van der Waals surface area contributed by atoms with Gasteiger partial charge in [0.2, 0.25) is 0 Å². The number of ketones is 1. The molecule has 0 spiro atoms. The van der Waals surface area contributed by atoms with E-state index in [-0.39, 0.29) is 17.8 Å². The van der Waals surface area contributed by atoms with Gasteiger partial charge < -0.3 is 5.11 Å². The zero-order valence-electron chi connectivity index (χ0n) is 15.0. The molecule has 0 heterocycles. The molecule has 136 valence electrons. The average molecular weight is 368 g/mol. The maximum atomic E-state index is 13.9. The van der Waals surface area contributed by atoms with Crippen LogP contribution in [-0.4, -0.2) is 10.9 Å². The molecule has 0 saturated heterocycles. The van der Waals surface area contributed by atoms with Gasteiger partial charge in [0.1, 0.15) is 11.4 Å². The summed E-state index contributed by atoms with van der Waals surface area (Å²) < 4.78 is 13.9. The molecule has 0 fully saturated rings. The van der Waals surface area contributed by atoms with Crippen molar-refractivity contribution in [2.45, 2.75) is 12.0 Å². The van der Waals surface area contributed by atoms with Crippen LogP contribution in [0.1, 0.15) is 32.6 Å². The molecule has 0 bridgehead atoms. The van der Waals surface area contributed by atoms with Gasteiger partial charge in [-0.1, -0.05) is 72.8 Å². The number of hydrogen-bond acceptors (Lipinski definition) is 2. The van der Waals surface area contributed by atoms with Gasteiger partial charge in [-0.3, -0.25) is 4.79 Å². The van der Waals surface area contributed by atoms with E-state index in [1.54, 1.807) is 18.2 Å². The Hall–Kier alpha value is -3.30. The van der Waals surface area contributed by atoms with Gasteiger partial charge in [-0.15, -0.1) is 0 Å². The maximum absolute atomic E-state index is 13.9. The Bertz CT molecular complexity index is 1240. The lowest BCUT2D eigenvalue weighted by Crippen LogP contribution is -2.37.